The van der Waals surface area contributed by atoms with Crippen LogP contribution in [-0.2, 0) is 9.59 Å². The average molecular weight is 516 g/mol. The number of nitrogens with one attached hydrogen (secondary N) is 1. The van der Waals surface area contributed by atoms with Crippen LogP contribution in [0, 0.1) is 5.92 Å². The fraction of sp³-hybridized carbons (Fsp3) is 0.167. The smallest absolute Gasteiger partial charge is 0.229 e. The molecule has 0 saturated carbocycles. The number of benzene rings is 3. The van der Waals surface area contributed by atoms with Crippen LogP contribution in [0.15, 0.2) is 71.2 Å². The van der Waals surface area contributed by atoms with Crippen LogP contribution < -0.4 is 19.7 Å². The number of nitrogens with zero attached hydrogens (tertiary/aromatic N) is 1. The van der Waals surface area contributed by atoms with Crippen molar-refractivity contribution in [1.29, 1.82) is 0 Å². The Hall–Kier alpha value is -3.03. The van der Waals surface area contributed by atoms with E-state index in [1.54, 1.807) is 47.4 Å². The van der Waals surface area contributed by atoms with Crippen LogP contribution in [0.2, 0.25) is 5.02 Å². The lowest BCUT2D eigenvalue weighted by atomic mass is 10.1. The van der Waals surface area contributed by atoms with Crippen molar-refractivity contribution in [2.75, 3.05) is 23.9 Å². The summed E-state index contributed by atoms with van der Waals surface area (Å²) in [6.07, 6.45) is 0.117. The number of hydrogen-bond acceptors (Lipinski definition) is 4. The molecule has 3 aromatic rings. The number of carbonyl (C=O) groups is 2. The Balaban J connectivity index is 1.39. The van der Waals surface area contributed by atoms with E-state index in [9.17, 15) is 9.59 Å². The zero-order valence-electron chi connectivity index (χ0n) is 17.2. The molecule has 1 aliphatic heterocycles. The van der Waals surface area contributed by atoms with Crippen LogP contribution in [0.4, 0.5) is 11.4 Å². The van der Waals surface area contributed by atoms with E-state index in [4.69, 9.17) is 21.1 Å². The summed E-state index contributed by atoms with van der Waals surface area (Å²) in [5, 5.41) is 3.37. The number of methoxy groups -OCH3 is 1. The molecule has 32 heavy (non-hydrogen) atoms. The summed E-state index contributed by atoms with van der Waals surface area (Å²) in [6.45, 7) is 0.256. The predicted molar refractivity (Wildman–Crippen MR) is 128 cm³/mol. The van der Waals surface area contributed by atoms with Gasteiger partial charge in [0.1, 0.15) is 17.2 Å². The third-order valence-electron chi connectivity index (χ3n) is 5.10. The molecule has 0 radical (unpaired) electrons. The summed E-state index contributed by atoms with van der Waals surface area (Å²) >= 11 is 9.48. The molecule has 6 nitrogen and oxygen atoms in total. The van der Waals surface area contributed by atoms with Crippen molar-refractivity contribution in [3.8, 4) is 17.2 Å². The normalized spacial score (nSPS) is 15.5. The minimum Gasteiger partial charge on any atom is -0.495 e. The molecule has 1 heterocycles. The van der Waals surface area contributed by atoms with E-state index in [1.807, 2.05) is 24.3 Å². The van der Waals surface area contributed by atoms with Gasteiger partial charge in [0.05, 0.1) is 18.7 Å². The van der Waals surface area contributed by atoms with E-state index in [0.29, 0.717) is 33.6 Å². The Bertz CT molecular complexity index is 1140. The van der Waals surface area contributed by atoms with Crippen LogP contribution in [-0.4, -0.2) is 25.5 Å². The number of ether oxygens (including phenoxy) is 2. The van der Waals surface area contributed by atoms with Gasteiger partial charge in [0.25, 0.3) is 0 Å². The van der Waals surface area contributed by atoms with Crippen molar-refractivity contribution in [1.82, 2.24) is 0 Å². The highest BCUT2D eigenvalue weighted by molar-refractivity contribution is 9.10. The van der Waals surface area contributed by atoms with Crippen molar-refractivity contribution >= 4 is 50.7 Å². The molecule has 0 unspecified atom stereocenters. The first-order valence-electron chi connectivity index (χ1n) is 9.91. The van der Waals surface area contributed by atoms with Gasteiger partial charge in [-0.25, -0.2) is 0 Å². The zero-order valence-corrected chi connectivity index (χ0v) is 19.5. The van der Waals surface area contributed by atoms with Crippen LogP contribution in [0.3, 0.4) is 0 Å². The Labute approximate surface area is 199 Å². The molecular formula is C24H20BrClN2O4. The highest BCUT2D eigenvalue weighted by Gasteiger charge is 2.36. The van der Waals surface area contributed by atoms with Gasteiger partial charge < -0.3 is 19.7 Å². The van der Waals surface area contributed by atoms with Gasteiger partial charge >= 0.3 is 0 Å². The molecule has 3 aromatic carbocycles. The fourth-order valence-electron chi connectivity index (χ4n) is 3.48. The maximum atomic E-state index is 12.8. The molecular weight excluding hydrogens is 496 g/mol. The predicted octanol–water partition coefficient (Wildman–Crippen LogP) is 5.90. The van der Waals surface area contributed by atoms with E-state index in [-0.39, 0.29) is 24.8 Å². The number of hydrogen-bond donors (Lipinski definition) is 1. The van der Waals surface area contributed by atoms with Gasteiger partial charge in [-0.15, -0.1) is 0 Å². The monoisotopic (exact) mass is 514 g/mol. The Morgan fingerprint density at radius 3 is 2.38 bits per heavy atom. The van der Waals surface area contributed by atoms with E-state index in [2.05, 4.69) is 21.2 Å². The lowest BCUT2D eigenvalue weighted by Gasteiger charge is -2.20. The molecule has 164 valence electrons. The van der Waals surface area contributed by atoms with Gasteiger partial charge in [0, 0.05) is 28.1 Å². The number of anilines is 2. The molecule has 4 rings (SSSR count). The summed E-state index contributed by atoms with van der Waals surface area (Å²) in [7, 11) is 1.53. The Morgan fingerprint density at radius 2 is 1.72 bits per heavy atom. The van der Waals surface area contributed by atoms with Crippen molar-refractivity contribution in [2.24, 2.45) is 5.92 Å². The van der Waals surface area contributed by atoms with Crippen LogP contribution >= 0.6 is 27.5 Å². The average Bonchev–Trinajstić information content (AvgIpc) is 3.18. The minimum absolute atomic E-state index is 0.117. The first kappa shape index (κ1) is 22.2. The third-order valence-corrected chi connectivity index (χ3v) is 5.86. The zero-order chi connectivity index (χ0) is 22.7. The molecule has 1 aliphatic rings. The van der Waals surface area contributed by atoms with E-state index in [0.717, 1.165) is 4.47 Å². The van der Waals surface area contributed by atoms with Gasteiger partial charge in [-0.3, -0.25) is 9.59 Å². The van der Waals surface area contributed by atoms with Gasteiger partial charge in [-0.1, -0.05) is 27.5 Å². The molecule has 1 saturated heterocycles. The summed E-state index contributed by atoms with van der Waals surface area (Å²) in [5.74, 6) is 1.05. The SMILES string of the molecule is COc1ccc(Cl)cc1N1C[C@H](C(=O)Nc2ccc(Oc3ccc(Br)cc3)cc2)CC1=O. The summed E-state index contributed by atoms with van der Waals surface area (Å²) in [5.41, 5.74) is 1.19. The van der Waals surface area contributed by atoms with Crippen molar-refractivity contribution in [3.63, 3.8) is 0 Å². The summed E-state index contributed by atoms with van der Waals surface area (Å²) in [4.78, 5) is 26.9. The molecule has 0 aliphatic carbocycles. The topological polar surface area (TPSA) is 67.9 Å². The minimum atomic E-state index is -0.482. The Kier molecular flexibility index (Phi) is 6.67. The van der Waals surface area contributed by atoms with E-state index in [1.165, 1.54) is 7.11 Å². The van der Waals surface area contributed by atoms with E-state index < -0.39 is 5.92 Å². The van der Waals surface area contributed by atoms with Crippen LogP contribution in [0.1, 0.15) is 6.42 Å². The van der Waals surface area contributed by atoms with E-state index >= 15 is 0 Å². The van der Waals surface area contributed by atoms with Gasteiger partial charge in [0.15, 0.2) is 0 Å². The molecule has 1 fully saturated rings. The molecule has 1 atom stereocenters. The number of halogens is 2. The lowest BCUT2D eigenvalue weighted by Crippen LogP contribution is -2.28. The molecule has 8 heteroatoms. The Morgan fingerprint density at radius 1 is 1.06 bits per heavy atom. The number of rotatable bonds is 6. The first-order valence-corrected chi connectivity index (χ1v) is 11.1. The van der Waals surface area contributed by atoms with Crippen molar-refractivity contribution < 1.29 is 19.1 Å². The molecule has 0 bridgehead atoms. The lowest BCUT2D eigenvalue weighted by molar-refractivity contribution is -0.122. The first-order chi connectivity index (χ1) is 15.4. The molecule has 2 amide bonds. The van der Waals surface area contributed by atoms with Gasteiger partial charge in [-0.05, 0) is 66.7 Å². The molecule has 0 aromatic heterocycles. The standard InChI is InChI=1S/C24H20BrClN2O4/c1-31-22-11-4-17(26)13-21(22)28-14-15(12-23(28)29)24(30)27-18-5-9-20(10-6-18)32-19-7-2-16(25)3-8-19/h2-11,13,15H,12,14H2,1H3,(H,27,30)/t15-/m1/s1. The van der Waals surface area contributed by atoms with Crippen LogP contribution in [0.5, 0.6) is 17.2 Å². The van der Waals surface area contributed by atoms with Gasteiger partial charge in [0.2, 0.25) is 11.8 Å². The quantitative estimate of drug-likeness (QED) is 0.444. The summed E-state index contributed by atoms with van der Waals surface area (Å²) < 4.78 is 12.1. The van der Waals surface area contributed by atoms with Crippen molar-refractivity contribution in [2.45, 2.75) is 6.42 Å². The fourth-order valence-corrected chi connectivity index (χ4v) is 3.91. The summed E-state index contributed by atoms with van der Waals surface area (Å²) in [6, 6.07) is 19.7. The largest absolute Gasteiger partial charge is 0.495 e. The maximum Gasteiger partial charge on any atom is 0.229 e. The molecule has 1 N–H and O–H groups in total. The van der Waals surface area contributed by atoms with Crippen molar-refractivity contribution in [3.05, 3.63) is 76.2 Å². The van der Waals surface area contributed by atoms with Gasteiger partial charge in [-0.2, -0.15) is 0 Å². The maximum absolute atomic E-state index is 12.8. The second kappa shape index (κ2) is 9.63. The van der Waals surface area contributed by atoms with Crippen LogP contribution in [0.25, 0.3) is 0 Å². The second-order valence-electron chi connectivity index (χ2n) is 7.29. The number of carbonyl (C=O) groups excluding carboxylic acids is 2. The highest BCUT2D eigenvalue weighted by Crippen LogP contribution is 2.35. The molecule has 0 spiro atoms. The second-order valence-corrected chi connectivity index (χ2v) is 8.64. The number of amides is 2. The highest BCUT2D eigenvalue weighted by atomic mass is 79.9. The third kappa shape index (κ3) is 5.06.